The molecule has 1 aromatic carbocycles. The van der Waals surface area contributed by atoms with Gasteiger partial charge in [0.25, 0.3) is 5.91 Å². The van der Waals surface area contributed by atoms with Gasteiger partial charge in [0, 0.05) is 12.6 Å². The number of pyridine rings is 1. The number of hydrogen-bond donors (Lipinski definition) is 2. The molecule has 0 aliphatic heterocycles. The van der Waals surface area contributed by atoms with E-state index in [1.165, 1.54) is 10.5 Å². The molecule has 1 atom stereocenters. The lowest BCUT2D eigenvalue weighted by molar-refractivity contribution is 0.0897. The molecule has 0 aliphatic rings. The van der Waals surface area contributed by atoms with Crippen molar-refractivity contribution in [3.63, 3.8) is 0 Å². The van der Waals surface area contributed by atoms with E-state index in [2.05, 4.69) is 20.5 Å². The zero-order valence-corrected chi connectivity index (χ0v) is 17.9. The summed E-state index contributed by atoms with van der Waals surface area (Å²) in [5.74, 6) is -1.26. The smallest absolute Gasteiger partial charge is 0.270 e. The lowest BCUT2D eigenvalue weighted by Gasteiger charge is -2.13. The summed E-state index contributed by atoms with van der Waals surface area (Å²) >= 11 is 0. The van der Waals surface area contributed by atoms with E-state index >= 15 is 0 Å². The summed E-state index contributed by atoms with van der Waals surface area (Å²) in [4.78, 5) is 17.4. The van der Waals surface area contributed by atoms with Crippen LogP contribution < -0.4 is 10.1 Å². The van der Waals surface area contributed by atoms with Gasteiger partial charge in [0.2, 0.25) is 11.8 Å². The molecule has 33 heavy (non-hydrogen) atoms. The highest BCUT2D eigenvalue weighted by atomic mass is 19.1. The highest BCUT2D eigenvalue weighted by Gasteiger charge is 2.25. The fourth-order valence-electron chi connectivity index (χ4n) is 3.32. The summed E-state index contributed by atoms with van der Waals surface area (Å²) in [6.07, 6.45) is 2.13. The molecule has 4 rings (SSSR count). The number of amides is 1. The lowest BCUT2D eigenvalue weighted by Crippen LogP contribution is -2.32. The van der Waals surface area contributed by atoms with Crippen LogP contribution in [0.25, 0.3) is 5.65 Å². The summed E-state index contributed by atoms with van der Waals surface area (Å²) < 4.78 is 40.4. The number of aromatic nitrogens is 4. The van der Waals surface area contributed by atoms with E-state index in [4.69, 9.17) is 9.15 Å². The van der Waals surface area contributed by atoms with Crippen molar-refractivity contribution in [2.24, 2.45) is 0 Å². The molecular formula is C22H21F2N5O4. The Morgan fingerprint density at radius 1 is 1.24 bits per heavy atom. The third-order valence-corrected chi connectivity index (χ3v) is 5.01. The average Bonchev–Trinajstić information content (AvgIpc) is 3.41. The third kappa shape index (κ3) is 4.40. The zero-order valence-electron chi connectivity index (χ0n) is 17.9. The SMILES string of the molecule is CCc1nnc([C@H](CO)NC(=O)c2c(C)nc3c(OCc4c(F)cccc4F)cccn23)o1. The Labute approximate surface area is 187 Å². The average molecular weight is 457 g/mol. The van der Waals surface area contributed by atoms with Gasteiger partial charge in [0.1, 0.15) is 30.0 Å². The normalized spacial score (nSPS) is 12.2. The molecular weight excluding hydrogens is 436 g/mol. The zero-order chi connectivity index (χ0) is 23.5. The number of carbonyl (C=O) groups is 1. The first-order valence-electron chi connectivity index (χ1n) is 10.2. The van der Waals surface area contributed by atoms with E-state index in [1.54, 1.807) is 25.3 Å². The molecule has 0 unspecified atom stereocenters. The van der Waals surface area contributed by atoms with Gasteiger partial charge in [0.05, 0.1) is 17.9 Å². The minimum absolute atomic E-state index is 0.0881. The topological polar surface area (TPSA) is 115 Å². The predicted octanol–water partition coefficient (Wildman–Crippen LogP) is 2.91. The van der Waals surface area contributed by atoms with Crippen molar-refractivity contribution >= 4 is 11.6 Å². The standard InChI is InChI=1S/C22H21F2N5O4/c1-3-18-27-28-22(33-18)16(10-30)26-21(31)19-12(2)25-20-17(8-5-9-29(19)20)32-11-13-14(23)6-4-7-15(13)24/h4-9,16,30H,3,10-11H2,1-2H3,(H,26,31)/t16-/m0/s1. The molecule has 0 spiro atoms. The number of rotatable bonds is 8. The Balaban J connectivity index is 1.60. The van der Waals surface area contributed by atoms with Gasteiger partial charge in [0.15, 0.2) is 11.4 Å². The summed E-state index contributed by atoms with van der Waals surface area (Å²) in [5.41, 5.74) is 0.666. The first-order valence-corrected chi connectivity index (χ1v) is 10.2. The molecule has 172 valence electrons. The number of carbonyl (C=O) groups excluding carboxylic acids is 1. The van der Waals surface area contributed by atoms with Crippen LogP contribution in [-0.4, -0.2) is 37.2 Å². The van der Waals surface area contributed by atoms with E-state index in [0.717, 1.165) is 12.1 Å². The molecule has 9 nitrogen and oxygen atoms in total. The van der Waals surface area contributed by atoms with Crippen LogP contribution >= 0.6 is 0 Å². The van der Waals surface area contributed by atoms with Crippen LogP contribution in [0.4, 0.5) is 8.78 Å². The van der Waals surface area contributed by atoms with Crippen molar-refractivity contribution < 1.29 is 27.8 Å². The number of benzene rings is 1. The summed E-state index contributed by atoms with van der Waals surface area (Å²) in [6, 6.07) is 5.87. The number of nitrogens with zero attached hydrogens (tertiary/aromatic N) is 4. The molecule has 0 saturated heterocycles. The molecule has 3 heterocycles. The summed E-state index contributed by atoms with van der Waals surface area (Å²) in [5, 5.41) is 20.1. The molecule has 2 N–H and O–H groups in total. The van der Waals surface area contributed by atoms with Gasteiger partial charge in [-0.1, -0.05) is 13.0 Å². The maximum absolute atomic E-state index is 13.9. The summed E-state index contributed by atoms with van der Waals surface area (Å²) in [7, 11) is 0. The predicted molar refractivity (Wildman–Crippen MR) is 112 cm³/mol. The van der Waals surface area contributed by atoms with Crippen LogP contribution in [0, 0.1) is 18.6 Å². The minimum Gasteiger partial charge on any atom is -0.485 e. The monoisotopic (exact) mass is 457 g/mol. The molecule has 0 saturated carbocycles. The van der Waals surface area contributed by atoms with Gasteiger partial charge < -0.3 is 19.6 Å². The van der Waals surface area contributed by atoms with Crippen molar-refractivity contribution in [1.29, 1.82) is 0 Å². The number of imidazole rings is 1. The first-order chi connectivity index (χ1) is 15.9. The number of halogens is 2. The van der Waals surface area contributed by atoms with Crippen molar-refractivity contribution in [1.82, 2.24) is 24.9 Å². The second-order valence-corrected chi connectivity index (χ2v) is 7.20. The van der Waals surface area contributed by atoms with Crippen LogP contribution in [0.2, 0.25) is 0 Å². The molecule has 0 fully saturated rings. The number of aliphatic hydroxyl groups is 1. The molecule has 0 bridgehead atoms. The maximum Gasteiger partial charge on any atom is 0.270 e. The van der Waals surface area contributed by atoms with Gasteiger partial charge in [-0.15, -0.1) is 10.2 Å². The quantitative estimate of drug-likeness (QED) is 0.418. The van der Waals surface area contributed by atoms with Gasteiger partial charge in [-0.2, -0.15) is 0 Å². The first kappa shape index (κ1) is 22.3. The highest BCUT2D eigenvalue weighted by Crippen LogP contribution is 2.24. The van der Waals surface area contributed by atoms with E-state index in [1.807, 2.05) is 6.92 Å². The lowest BCUT2D eigenvalue weighted by atomic mass is 10.2. The number of hydrogen-bond acceptors (Lipinski definition) is 7. The van der Waals surface area contributed by atoms with E-state index in [9.17, 15) is 18.7 Å². The number of fused-ring (bicyclic) bond motifs is 1. The minimum atomic E-state index is -0.904. The largest absolute Gasteiger partial charge is 0.485 e. The molecule has 1 amide bonds. The number of aliphatic hydroxyl groups excluding tert-OH is 1. The Bertz CT molecular complexity index is 1280. The fraction of sp³-hybridized carbons (Fsp3) is 0.273. The molecule has 11 heteroatoms. The Kier molecular flexibility index (Phi) is 6.31. The van der Waals surface area contributed by atoms with Crippen LogP contribution in [0.3, 0.4) is 0 Å². The molecule has 3 aromatic heterocycles. The van der Waals surface area contributed by atoms with Crippen molar-refractivity contribution in [3.8, 4) is 5.75 Å². The van der Waals surface area contributed by atoms with Gasteiger partial charge in [-0.05, 0) is 31.2 Å². The van der Waals surface area contributed by atoms with E-state index in [0.29, 0.717) is 23.7 Å². The number of ether oxygens (including phenoxy) is 1. The molecule has 0 radical (unpaired) electrons. The van der Waals surface area contributed by atoms with Crippen molar-refractivity contribution in [2.45, 2.75) is 32.9 Å². The van der Waals surface area contributed by atoms with Gasteiger partial charge >= 0.3 is 0 Å². The van der Waals surface area contributed by atoms with Crippen LogP contribution in [-0.2, 0) is 13.0 Å². The number of aryl methyl sites for hydroxylation is 2. The highest BCUT2D eigenvalue weighted by molar-refractivity contribution is 5.95. The van der Waals surface area contributed by atoms with Crippen LogP contribution in [0.1, 0.15) is 46.5 Å². The molecule has 0 aliphatic carbocycles. The van der Waals surface area contributed by atoms with Crippen LogP contribution in [0.5, 0.6) is 5.75 Å². The van der Waals surface area contributed by atoms with Crippen molar-refractivity contribution in [2.75, 3.05) is 6.61 Å². The van der Waals surface area contributed by atoms with Crippen LogP contribution in [0.15, 0.2) is 40.9 Å². The Morgan fingerprint density at radius 2 is 2.00 bits per heavy atom. The molecule has 4 aromatic rings. The number of nitrogens with one attached hydrogen (secondary N) is 1. The maximum atomic E-state index is 13.9. The Hall–Kier alpha value is -3.86. The second-order valence-electron chi connectivity index (χ2n) is 7.20. The van der Waals surface area contributed by atoms with Crippen molar-refractivity contribution in [3.05, 3.63) is 76.9 Å². The third-order valence-electron chi connectivity index (χ3n) is 5.01. The van der Waals surface area contributed by atoms with E-state index < -0.39 is 30.2 Å². The van der Waals surface area contributed by atoms with Gasteiger partial charge in [-0.3, -0.25) is 9.20 Å². The fourth-order valence-corrected chi connectivity index (χ4v) is 3.32. The second kappa shape index (κ2) is 9.33. The Morgan fingerprint density at radius 3 is 2.67 bits per heavy atom. The van der Waals surface area contributed by atoms with E-state index in [-0.39, 0.29) is 29.5 Å². The summed E-state index contributed by atoms with van der Waals surface area (Å²) in [6.45, 7) is 2.68. The van der Waals surface area contributed by atoms with Gasteiger partial charge in [-0.25, -0.2) is 13.8 Å².